The molecule has 0 aliphatic rings. The van der Waals surface area contributed by atoms with E-state index in [1.54, 1.807) is 23.5 Å². The van der Waals surface area contributed by atoms with Gasteiger partial charge in [-0.25, -0.2) is 0 Å². The lowest BCUT2D eigenvalue weighted by atomic mass is 10.0. The van der Waals surface area contributed by atoms with Crippen LogP contribution >= 0.6 is 11.3 Å². The third kappa shape index (κ3) is 4.46. The second-order valence-electron chi connectivity index (χ2n) is 5.29. The number of hydrogen-bond donors (Lipinski definition) is 2. The normalized spacial score (nSPS) is 12.1. The summed E-state index contributed by atoms with van der Waals surface area (Å²) in [6.45, 7) is 4.34. The molecule has 2 rings (SSSR count). The van der Waals surface area contributed by atoms with Crippen LogP contribution in [0.3, 0.4) is 0 Å². The van der Waals surface area contributed by atoms with Gasteiger partial charge < -0.3 is 15.1 Å². The van der Waals surface area contributed by atoms with Crippen LogP contribution in [0.5, 0.6) is 0 Å². The van der Waals surface area contributed by atoms with Crippen molar-refractivity contribution in [3.05, 3.63) is 46.5 Å². The van der Waals surface area contributed by atoms with Crippen LogP contribution in [0.4, 0.5) is 0 Å². The molecular formula is C16H20N2O3S. The minimum Gasteiger partial charge on any atom is -0.459 e. The van der Waals surface area contributed by atoms with E-state index in [-0.39, 0.29) is 23.5 Å². The largest absolute Gasteiger partial charge is 0.459 e. The summed E-state index contributed by atoms with van der Waals surface area (Å²) in [5.74, 6) is -0.360. The molecule has 0 aliphatic heterocycles. The lowest BCUT2D eigenvalue weighted by molar-refractivity contribution is -0.123. The second-order valence-corrected chi connectivity index (χ2v) is 6.33. The highest BCUT2D eigenvalue weighted by atomic mass is 32.1. The van der Waals surface area contributed by atoms with Gasteiger partial charge in [-0.15, -0.1) is 11.3 Å². The molecule has 2 aromatic rings. The fraction of sp³-hybridized carbons (Fsp3) is 0.375. The molecule has 2 heterocycles. The Morgan fingerprint density at radius 2 is 2.09 bits per heavy atom. The maximum absolute atomic E-state index is 12.3. The summed E-state index contributed by atoms with van der Waals surface area (Å²) in [7, 11) is 0. The third-order valence-corrected chi connectivity index (χ3v) is 4.17. The fourth-order valence-corrected chi connectivity index (χ4v) is 2.74. The monoisotopic (exact) mass is 320 g/mol. The Kier molecular flexibility index (Phi) is 5.77. The van der Waals surface area contributed by atoms with Gasteiger partial charge in [0.2, 0.25) is 5.91 Å². The van der Waals surface area contributed by atoms with Gasteiger partial charge in [0.15, 0.2) is 5.76 Å². The maximum Gasteiger partial charge on any atom is 0.287 e. The van der Waals surface area contributed by atoms with Gasteiger partial charge in [0.05, 0.1) is 6.26 Å². The van der Waals surface area contributed by atoms with E-state index in [1.807, 2.05) is 31.4 Å². The van der Waals surface area contributed by atoms with Crippen molar-refractivity contribution in [3.8, 4) is 0 Å². The predicted molar refractivity (Wildman–Crippen MR) is 85.8 cm³/mol. The number of furan rings is 1. The Balaban J connectivity index is 1.86. The summed E-state index contributed by atoms with van der Waals surface area (Å²) < 4.78 is 5.04. The standard InChI is InChI=1S/C16H20N2O3S/c1-11(2)14(18-15(19)13-6-3-9-21-13)16(20)17-8-7-12-5-4-10-22-12/h3-6,9-11,14H,7-8H2,1-2H3,(H,17,20)(H,18,19). The minimum atomic E-state index is -0.582. The summed E-state index contributed by atoms with van der Waals surface area (Å²) in [6.07, 6.45) is 2.22. The summed E-state index contributed by atoms with van der Waals surface area (Å²) >= 11 is 1.66. The van der Waals surface area contributed by atoms with Gasteiger partial charge in [-0.1, -0.05) is 19.9 Å². The highest BCUT2D eigenvalue weighted by molar-refractivity contribution is 7.09. The molecule has 6 heteroatoms. The van der Waals surface area contributed by atoms with Crippen molar-refractivity contribution >= 4 is 23.2 Å². The van der Waals surface area contributed by atoms with Crippen molar-refractivity contribution in [1.82, 2.24) is 10.6 Å². The number of nitrogens with one attached hydrogen (secondary N) is 2. The SMILES string of the molecule is CC(C)C(NC(=O)c1ccco1)C(=O)NCCc1cccs1. The van der Waals surface area contributed by atoms with Gasteiger partial charge in [0, 0.05) is 11.4 Å². The molecule has 22 heavy (non-hydrogen) atoms. The number of hydrogen-bond acceptors (Lipinski definition) is 4. The molecule has 5 nitrogen and oxygen atoms in total. The zero-order chi connectivity index (χ0) is 15.9. The van der Waals surface area contributed by atoms with Gasteiger partial charge in [-0.05, 0) is 35.9 Å². The van der Waals surface area contributed by atoms with Gasteiger partial charge in [0.1, 0.15) is 6.04 Å². The molecule has 0 aliphatic carbocycles. The first-order valence-electron chi connectivity index (χ1n) is 7.22. The van der Waals surface area contributed by atoms with E-state index in [1.165, 1.54) is 11.1 Å². The van der Waals surface area contributed by atoms with Gasteiger partial charge >= 0.3 is 0 Å². The summed E-state index contributed by atoms with van der Waals surface area (Å²) in [4.78, 5) is 25.5. The molecule has 2 N–H and O–H groups in total. The van der Waals surface area contributed by atoms with E-state index >= 15 is 0 Å². The summed E-state index contributed by atoms with van der Waals surface area (Å²) in [5.41, 5.74) is 0. The molecule has 1 atom stereocenters. The first-order valence-corrected chi connectivity index (χ1v) is 8.10. The summed E-state index contributed by atoms with van der Waals surface area (Å²) in [6, 6.07) is 6.65. The number of carbonyl (C=O) groups excluding carboxylic acids is 2. The molecule has 0 bridgehead atoms. The molecule has 0 radical (unpaired) electrons. The zero-order valence-corrected chi connectivity index (χ0v) is 13.5. The van der Waals surface area contributed by atoms with E-state index < -0.39 is 6.04 Å². The molecule has 0 saturated carbocycles. The first kappa shape index (κ1) is 16.3. The number of thiophene rings is 1. The molecule has 0 spiro atoms. The van der Waals surface area contributed by atoms with E-state index in [0.29, 0.717) is 6.54 Å². The van der Waals surface area contributed by atoms with Crippen molar-refractivity contribution in [1.29, 1.82) is 0 Å². The van der Waals surface area contributed by atoms with Gasteiger partial charge in [-0.3, -0.25) is 9.59 Å². The Bertz CT molecular complexity index is 591. The molecule has 2 amide bonds. The van der Waals surface area contributed by atoms with Crippen molar-refractivity contribution in [2.75, 3.05) is 6.54 Å². The lowest BCUT2D eigenvalue weighted by Crippen LogP contribution is -2.50. The number of rotatable bonds is 7. The van der Waals surface area contributed by atoms with E-state index in [2.05, 4.69) is 10.6 Å². The molecule has 0 aromatic carbocycles. The second kappa shape index (κ2) is 7.79. The molecule has 1 unspecified atom stereocenters. The van der Waals surface area contributed by atoms with Crippen LogP contribution in [-0.2, 0) is 11.2 Å². The van der Waals surface area contributed by atoms with Crippen LogP contribution in [0.2, 0.25) is 0 Å². The van der Waals surface area contributed by atoms with Crippen molar-refractivity contribution in [2.24, 2.45) is 5.92 Å². The smallest absolute Gasteiger partial charge is 0.287 e. The Hall–Kier alpha value is -2.08. The van der Waals surface area contributed by atoms with Crippen LogP contribution < -0.4 is 10.6 Å². The van der Waals surface area contributed by atoms with E-state index in [9.17, 15) is 9.59 Å². The first-order chi connectivity index (χ1) is 10.6. The zero-order valence-electron chi connectivity index (χ0n) is 12.7. The molecule has 2 aromatic heterocycles. The Labute approximate surface area is 133 Å². The highest BCUT2D eigenvalue weighted by Gasteiger charge is 2.25. The third-order valence-electron chi connectivity index (χ3n) is 3.23. The number of amides is 2. The van der Waals surface area contributed by atoms with Gasteiger partial charge in [-0.2, -0.15) is 0 Å². The van der Waals surface area contributed by atoms with Crippen LogP contribution in [0.25, 0.3) is 0 Å². The topological polar surface area (TPSA) is 71.3 Å². The van der Waals surface area contributed by atoms with Crippen LogP contribution in [0.15, 0.2) is 40.3 Å². The van der Waals surface area contributed by atoms with Crippen molar-refractivity contribution < 1.29 is 14.0 Å². The molecule has 0 saturated heterocycles. The van der Waals surface area contributed by atoms with Crippen LogP contribution in [-0.4, -0.2) is 24.4 Å². The lowest BCUT2D eigenvalue weighted by Gasteiger charge is -2.21. The fourth-order valence-electron chi connectivity index (χ4n) is 2.03. The Morgan fingerprint density at radius 1 is 1.27 bits per heavy atom. The maximum atomic E-state index is 12.3. The molecule has 0 fully saturated rings. The van der Waals surface area contributed by atoms with Gasteiger partial charge in [0.25, 0.3) is 5.91 Å². The van der Waals surface area contributed by atoms with Crippen LogP contribution in [0, 0.1) is 5.92 Å². The Morgan fingerprint density at radius 3 is 2.68 bits per heavy atom. The predicted octanol–water partition coefficient (Wildman–Crippen LogP) is 2.45. The number of carbonyl (C=O) groups is 2. The highest BCUT2D eigenvalue weighted by Crippen LogP contribution is 2.09. The van der Waals surface area contributed by atoms with Crippen molar-refractivity contribution in [3.63, 3.8) is 0 Å². The summed E-state index contributed by atoms with van der Waals surface area (Å²) in [5, 5.41) is 7.61. The average Bonchev–Trinajstić information content (AvgIpc) is 3.16. The minimum absolute atomic E-state index is 0.0133. The quantitative estimate of drug-likeness (QED) is 0.823. The average molecular weight is 320 g/mol. The molecular weight excluding hydrogens is 300 g/mol. The molecule has 118 valence electrons. The van der Waals surface area contributed by atoms with Crippen molar-refractivity contribution in [2.45, 2.75) is 26.3 Å². The van der Waals surface area contributed by atoms with E-state index in [4.69, 9.17) is 4.42 Å². The van der Waals surface area contributed by atoms with E-state index in [0.717, 1.165) is 6.42 Å². The van der Waals surface area contributed by atoms with Crippen LogP contribution in [0.1, 0.15) is 29.3 Å².